The number of amides is 2. The number of nitrogens with two attached hydrogens (primary N) is 1. The molecular formula is C14H18BrN3O2. The van der Waals surface area contributed by atoms with E-state index in [1.807, 2.05) is 0 Å². The number of carbonyl (C=O) groups excluding carboxylic acids is 2. The van der Waals surface area contributed by atoms with Crippen LogP contribution in [0, 0.1) is 0 Å². The highest BCUT2D eigenvalue weighted by Crippen LogP contribution is 2.23. The van der Waals surface area contributed by atoms with E-state index in [2.05, 4.69) is 21.2 Å². The summed E-state index contributed by atoms with van der Waals surface area (Å²) < 4.78 is 0.554. The molecule has 1 saturated heterocycles. The minimum absolute atomic E-state index is 0.0316. The third-order valence-electron chi connectivity index (χ3n) is 3.41. The molecule has 1 aromatic carbocycles. The Labute approximate surface area is 126 Å². The second-order valence-electron chi connectivity index (χ2n) is 4.94. The summed E-state index contributed by atoms with van der Waals surface area (Å²) in [5, 5.41) is 2.73. The van der Waals surface area contributed by atoms with Gasteiger partial charge in [-0.3, -0.25) is 9.59 Å². The van der Waals surface area contributed by atoms with Crippen LogP contribution in [0.5, 0.6) is 0 Å². The summed E-state index contributed by atoms with van der Waals surface area (Å²) in [6.45, 7) is 3.26. The van der Waals surface area contributed by atoms with Crippen LogP contribution < -0.4 is 11.1 Å². The Morgan fingerprint density at radius 1 is 1.35 bits per heavy atom. The average molecular weight is 340 g/mol. The molecule has 3 N–H and O–H groups in total. The molecule has 0 aromatic heterocycles. The lowest BCUT2D eigenvalue weighted by Crippen LogP contribution is -2.46. The van der Waals surface area contributed by atoms with Crippen molar-refractivity contribution in [2.24, 2.45) is 0 Å². The van der Waals surface area contributed by atoms with E-state index in [0.29, 0.717) is 15.7 Å². The molecule has 0 radical (unpaired) electrons. The lowest BCUT2D eigenvalue weighted by molar-refractivity contribution is -0.131. The number of halogens is 1. The van der Waals surface area contributed by atoms with E-state index in [1.54, 1.807) is 30.0 Å². The maximum atomic E-state index is 12.2. The van der Waals surface area contributed by atoms with Gasteiger partial charge < -0.3 is 16.0 Å². The van der Waals surface area contributed by atoms with Crippen molar-refractivity contribution in [1.82, 2.24) is 10.2 Å². The van der Waals surface area contributed by atoms with E-state index in [-0.39, 0.29) is 11.8 Å². The normalized spacial score (nSPS) is 16.0. The standard InChI is InChI=1S/C14H18BrN3O2/c1-9(14(20)18-7-2-3-8-18)17-13(19)10-5-4-6-11(16)12(10)15/h4-6,9H,2-3,7-8,16H2,1H3,(H,17,19). The molecule has 1 unspecified atom stereocenters. The summed E-state index contributed by atoms with van der Waals surface area (Å²) in [7, 11) is 0. The second kappa shape index (κ2) is 6.26. The van der Waals surface area contributed by atoms with Crippen LogP contribution in [-0.4, -0.2) is 35.8 Å². The van der Waals surface area contributed by atoms with Crippen LogP contribution in [0.1, 0.15) is 30.1 Å². The third kappa shape index (κ3) is 3.12. The monoisotopic (exact) mass is 339 g/mol. The molecule has 1 atom stereocenters. The Morgan fingerprint density at radius 3 is 2.65 bits per heavy atom. The highest BCUT2D eigenvalue weighted by atomic mass is 79.9. The molecule has 1 aliphatic heterocycles. The summed E-state index contributed by atoms with van der Waals surface area (Å²) in [4.78, 5) is 26.1. The largest absolute Gasteiger partial charge is 0.398 e. The van der Waals surface area contributed by atoms with Crippen molar-refractivity contribution in [1.29, 1.82) is 0 Å². The van der Waals surface area contributed by atoms with Gasteiger partial charge in [-0.2, -0.15) is 0 Å². The fourth-order valence-corrected chi connectivity index (χ4v) is 2.72. The number of carbonyl (C=O) groups is 2. The van der Waals surface area contributed by atoms with Gasteiger partial charge in [0.1, 0.15) is 6.04 Å². The summed E-state index contributed by atoms with van der Waals surface area (Å²) in [5.74, 6) is -0.333. The predicted octanol–water partition coefficient (Wildman–Crippen LogP) is 1.77. The predicted molar refractivity (Wildman–Crippen MR) is 81.3 cm³/mol. The van der Waals surface area contributed by atoms with Gasteiger partial charge in [-0.25, -0.2) is 0 Å². The molecule has 108 valence electrons. The number of nitrogens with one attached hydrogen (secondary N) is 1. The molecule has 1 aliphatic rings. The number of benzene rings is 1. The fourth-order valence-electron chi connectivity index (χ4n) is 2.27. The van der Waals surface area contributed by atoms with Gasteiger partial charge in [0.2, 0.25) is 5.91 Å². The Kier molecular flexibility index (Phi) is 4.65. The zero-order chi connectivity index (χ0) is 14.7. The van der Waals surface area contributed by atoms with Crippen LogP contribution in [0.4, 0.5) is 5.69 Å². The zero-order valence-corrected chi connectivity index (χ0v) is 12.9. The van der Waals surface area contributed by atoms with Gasteiger partial charge in [-0.1, -0.05) is 6.07 Å². The molecule has 2 amide bonds. The van der Waals surface area contributed by atoms with Gasteiger partial charge in [-0.15, -0.1) is 0 Å². The summed E-state index contributed by atoms with van der Waals surface area (Å²) in [5.41, 5.74) is 6.68. The first-order chi connectivity index (χ1) is 9.50. The molecule has 5 nitrogen and oxygen atoms in total. The number of hydrogen-bond acceptors (Lipinski definition) is 3. The van der Waals surface area contributed by atoms with Crippen molar-refractivity contribution < 1.29 is 9.59 Å². The lowest BCUT2D eigenvalue weighted by atomic mass is 10.1. The molecule has 0 spiro atoms. The van der Waals surface area contributed by atoms with E-state index >= 15 is 0 Å². The molecule has 1 aromatic rings. The molecule has 1 fully saturated rings. The van der Waals surface area contributed by atoms with E-state index < -0.39 is 6.04 Å². The van der Waals surface area contributed by atoms with Crippen LogP contribution in [0.2, 0.25) is 0 Å². The highest BCUT2D eigenvalue weighted by molar-refractivity contribution is 9.10. The van der Waals surface area contributed by atoms with Crippen LogP contribution in [-0.2, 0) is 4.79 Å². The molecule has 1 heterocycles. The number of nitrogens with zero attached hydrogens (tertiary/aromatic N) is 1. The Hall–Kier alpha value is -1.56. The number of nitrogen functional groups attached to an aromatic ring is 1. The van der Waals surface area contributed by atoms with Gasteiger partial charge in [0, 0.05) is 18.8 Å². The Balaban J connectivity index is 2.03. The first kappa shape index (κ1) is 14.8. The van der Waals surface area contributed by atoms with Crippen LogP contribution >= 0.6 is 15.9 Å². The summed E-state index contributed by atoms with van der Waals surface area (Å²) in [6, 6.07) is 4.55. The molecule has 0 bridgehead atoms. The van der Waals surface area contributed by atoms with E-state index in [4.69, 9.17) is 5.73 Å². The average Bonchev–Trinajstić information content (AvgIpc) is 2.94. The SMILES string of the molecule is CC(NC(=O)c1cccc(N)c1Br)C(=O)N1CCCC1. The minimum atomic E-state index is -0.533. The topological polar surface area (TPSA) is 75.4 Å². The Bertz CT molecular complexity index is 527. The zero-order valence-electron chi connectivity index (χ0n) is 11.4. The maximum Gasteiger partial charge on any atom is 0.253 e. The van der Waals surface area contributed by atoms with Crippen LogP contribution in [0.25, 0.3) is 0 Å². The lowest BCUT2D eigenvalue weighted by Gasteiger charge is -2.21. The number of anilines is 1. The summed E-state index contributed by atoms with van der Waals surface area (Å²) >= 11 is 3.29. The third-order valence-corrected chi connectivity index (χ3v) is 4.29. The van der Waals surface area contributed by atoms with Crippen molar-refractivity contribution >= 4 is 33.4 Å². The highest BCUT2D eigenvalue weighted by Gasteiger charge is 2.25. The van der Waals surface area contributed by atoms with Crippen molar-refractivity contribution in [3.05, 3.63) is 28.2 Å². The molecule has 2 rings (SSSR count). The second-order valence-corrected chi connectivity index (χ2v) is 5.73. The molecular weight excluding hydrogens is 322 g/mol. The van der Waals surface area contributed by atoms with Gasteiger partial charge in [-0.05, 0) is 47.8 Å². The van der Waals surface area contributed by atoms with E-state index in [1.165, 1.54) is 0 Å². The van der Waals surface area contributed by atoms with Crippen molar-refractivity contribution in [2.45, 2.75) is 25.8 Å². The first-order valence-electron chi connectivity index (χ1n) is 6.64. The molecule has 0 saturated carbocycles. The van der Waals surface area contributed by atoms with Crippen LogP contribution in [0.15, 0.2) is 22.7 Å². The van der Waals surface area contributed by atoms with Crippen molar-refractivity contribution in [3.63, 3.8) is 0 Å². The van der Waals surface area contributed by atoms with E-state index in [9.17, 15) is 9.59 Å². The van der Waals surface area contributed by atoms with E-state index in [0.717, 1.165) is 25.9 Å². The van der Waals surface area contributed by atoms with Gasteiger partial charge in [0.05, 0.1) is 10.0 Å². The quantitative estimate of drug-likeness (QED) is 0.824. The summed E-state index contributed by atoms with van der Waals surface area (Å²) in [6.07, 6.45) is 2.07. The number of likely N-dealkylation sites (tertiary alicyclic amines) is 1. The molecule has 6 heteroatoms. The number of rotatable bonds is 3. The molecule has 20 heavy (non-hydrogen) atoms. The molecule has 0 aliphatic carbocycles. The van der Waals surface area contributed by atoms with Crippen molar-refractivity contribution in [2.75, 3.05) is 18.8 Å². The van der Waals surface area contributed by atoms with Crippen LogP contribution in [0.3, 0.4) is 0 Å². The minimum Gasteiger partial charge on any atom is -0.398 e. The number of hydrogen-bond donors (Lipinski definition) is 2. The fraction of sp³-hybridized carbons (Fsp3) is 0.429. The first-order valence-corrected chi connectivity index (χ1v) is 7.43. The van der Waals surface area contributed by atoms with Gasteiger partial charge >= 0.3 is 0 Å². The Morgan fingerprint density at radius 2 is 2.00 bits per heavy atom. The van der Waals surface area contributed by atoms with Gasteiger partial charge in [0.15, 0.2) is 0 Å². The van der Waals surface area contributed by atoms with Crippen molar-refractivity contribution in [3.8, 4) is 0 Å². The smallest absolute Gasteiger partial charge is 0.253 e. The van der Waals surface area contributed by atoms with Gasteiger partial charge in [0.25, 0.3) is 5.91 Å². The maximum absolute atomic E-state index is 12.2.